The van der Waals surface area contributed by atoms with Crippen LogP contribution >= 0.6 is 0 Å². The van der Waals surface area contributed by atoms with Crippen LogP contribution in [0.4, 0.5) is 0 Å². The minimum absolute atomic E-state index is 0.110. The lowest BCUT2D eigenvalue weighted by Gasteiger charge is -2.28. The summed E-state index contributed by atoms with van der Waals surface area (Å²) in [6.07, 6.45) is 8.53. The van der Waals surface area contributed by atoms with Gasteiger partial charge in [0.15, 0.2) is 0 Å². The summed E-state index contributed by atoms with van der Waals surface area (Å²) in [5.41, 5.74) is 3.47. The van der Waals surface area contributed by atoms with E-state index in [0.29, 0.717) is 12.0 Å². The van der Waals surface area contributed by atoms with E-state index in [9.17, 15) is 4.79 Å². The van der Waals surface area contributed by atoms with Gasteiger partial charge in [0, 0.05) is 29.6 Å². The second-order valence-corrected chi connectivity index (χ2v) is 8.47. The molecule has 2 fully saturated rings. The van der Waals surface area contributed by atoms with Gasteiger partial charge in [-0.15, -0.1) is 0 Å². The molecule has 30 heavy (non-hydrogen) atoms. The lowest BCUT2D eigenvalue weighted by Crippen LogP contribution is -2.36. The molecule has 154 valence electrons. The Hall–Kier alpha value is -3.08. The monoisotopic (exact) mass is 401 g/mol. The fraction of sp³-hybridized carbons (Fsp3) is 0.360. The van der Waals surface area contributed by atoms with E-state index in [2.05, 4.69) is 51.9 Å². The maximum absolute atomic E-state index is 12.7. The van der Waals surface area contributed by atoms with Crippen LogP contribution in [0.3, 0.4) is 0 Å². The van der Waals surface area contributed by atoms with E-state index >= 15 is 0 Å². The molecule has 5 heteroatoms. The van der Waals surface area contributed by atoms with Gasteiger partial charge in [0.05, 0.1) is 12.3 Å². The van der Waals surface area contributed by atoms with Gasteiger partial charge in [-0.1, -0.05) is 42.5 Å². The zero-order valence-electron chi connectivity index (χ0n) is 17.0. The van der Waals surface area contributed by atoms with Crippen LogP contribution in [-0.2, 0) is 4.79 Å². The smallest absolute Gasteiger partial charge is 0.223 e. The number of hydrogen-bond donors (Lipinski definition) is 2. The molecule has 1 heterocycles. The van der Waals surface area contributed by atoms with Gasteiger partial charge in [-0.3, -0.25) is 9.89 Å². The molecule has 0 spiro atoms. The number of benzene rings is 2. The molecule has 2 aliphatic carbocycles. The van der Waals surface area contributed by atoms with E-state index in [4.69, 9.17) is 4.74 Å². The molecule has 1 amide bonds. The first-order valence-electron chi connectivity index (χ1n) is 10.9. The highest BCUT2D eigenvalue weighted by molar-refractivity contribution is 5.79. The van der Waals surface area contributed by atoms with Crippen LogP contribution in [0.2, 0.25) is 0 Å². The quantitative estimate of drug-likeness (QED) is 0.630. The summed E-state index contributed by atoms with van der Waals surface area (Å²) in [5.74, 6) is 1.69. The van der Waals surface area contributed by atoms with Gasteiger partial charge in [-0.2, -0.15) is 5.10 Å². The van der Waals surface area contributed by atoms with Gasteiger partial charge >= 0.3 is 0 Å². The van der Waals surface area contributed by atoms with Gasteiger partial charge in [0.1, 0.15) is 5.75 Å². The molecule has 5 rings (SSSR count). The molecule has 1 aromatic heterocycles. The van der Waals surface area contributed by atoms with Crippen molar-refractivity contribution in [2.45, 2.75) is 50.2 Å². The SMILES string of the molecule is O=C(NC1CC1c1ccccc1)C1CCC(Oc2cccc(-c3cn[nH]c3)c2)CC1. The Morgan fingerprint density at radius 1 is 1.00 bits per heavy atom. The average Bonchev–Trinajstić information content (AvgIpc) is 3.32. The van der Waals surface area contributed by atoms with Gasteiger partial charge in [-0.05, 0) is 55.4 Å². The maximum atomic E-state index is 12.7. The number of hydrogen-bond acceptors (Lipinski definition) is 3. The topological polar surface area (TPSA) is 67.0 Å². The number of ether oxygens (including phenoxy) is 1. The largest absolute Gasteiger partial charge is 0.490 e. The number of aromatic nitrogens is 2. The van der Waals surface area contributed by atoms with Crippen molar-refractivity contribution in [2.24, 2.45) is 5.92 Å². The minimum Gasteiger partial charge on any atom is -0.490 e. The summed E-state index contributed by atoms with van der Waals surface area (Å²) in [6, 6.07) is 18.9. The van der Waals surface area contributed by atoms with Crippen molar-refractivity contribution in [3.63, 3.8) is 0 Å². The molecular weight excluding hydrogens is 374 g/mol. The first-order chi connectivity index (χ1) is 14.8. The van der Waals surface area contributed by atoms with Crippen LogP contribution in [0.5, 0.6) is 5.75 Å². The van der Waals surface area contributed by atoms with Gasteiger partial charge in [-0.25, -0.2) is 0 Å². The standard InChI is InChI=1S/C25H27N3O2/c29-25(28-24-14-23(24)17-5-2-1-3-6-17)18-9-11-21(12-10-18)30-22-8-4-7-19(13-22)20-15-26-27-16-20/h1-8,13,15-16,18,21,23-24H,9-12,14H2,(H,26,27)(H,28,29). The fourth-order valence-electron chi connectivity index (χ4n) is 4.52. The molecule has 0 radical (unpaired) electrons. The number of amides is 1. The summed E-state index contributed by atoms with van der Waals surface area (Å²) < 4.78 is 6.23. The Bertz CT molecular complexity index is 979. The summed E-state index contributed by atoms with van der Waals surface area (Å²) in [4.78, 5) is 12.7. The molecule has 2 unspecified atom stereocenters. The van der Waals surface area contributed by atoms with Crippen LogP contribution in [0, 0.1) is 5.92 Å². The predicted molar refractivity (Wildman–Crippen MR) is 116 cm³/mol. The second kappa shape index (κ2) is 8.34. The van der Waals surface area contributed by atoms with E-state index < -0.39 is 0 Å². The highest BCUT2D eigenvalue weighted by atomic mass is 16.5. The van der Waals surface area contributed by atoms with Crippen molar-refractivity contribution in [1.29, 1.82) is 0 Å². The third-order valence-electron chi connectivity index (χ3n) is 6.36. The minimum atomic E-state index is 0.110. The zero-order valence-corrected chi connectivity index (χ0v) is 17.0. The third kappa shape index (κ3) is 4.25. The Labute approximate surface area is 176 Å². The number of rotatable bonds is 6. The number of H-pyrrole nitrogens is 1. The van der Waals surface area contributed by atoms with Gasteiger partial charge < -0.3 is 10.1 Å². The normalized spacial score (nSPS) is 25.5. The molecule has 2 atom stereocenters. The molecule has 0 aliphatic heterocycles. The first kappa shape index (κ1) is 18.9. The Morgan fingerprint density at radius 2 is 1.83 bits per heavy atom. The van der Waals surface area contributed by atoms with Crippen LogP contribution in [0.15, 0.2) is 67.0 Å². The maximum Gasteiger partial charge on any atom is 0.223 e. The molecule has 0 saturated heterocycles. The second-order valence-electron chi connectivity index (χ2n) is 8.47. The molecule has 5 nitrogen and oxygen atoms in total. The highest BCUT2D eigenvalue weighted by Gasteiger charge is 2.40. The molecular formula is C25H27N3O2. The first-order valence-corrected chi connectivity index (χ1v) is 10.9. The third-order valence-corrected chi connectivity index (χ3v) is 6.36. The van der Waals surface area contributed by atoms with Crippen LogP contribution in [0.25, 0.3) is 11.1 Å². The molecule has 2 N–H and O–H groups in total. The van der Waals surface area contributed by atoms with E-state index in [0.717, 1.165) is 49.0 Å². The lowest BCUT2D eigenvalue weighted by atomic mass is 9.86. The summed E-state index contributed by atoms with van der Waals surface area (Å²) in [7, 11) is 0. The highest BCUT2D eigenvalue weighted by Crippen LogP contribution is 2.41. The lowest BCUT2D eigenvalue weighted by molar-refractivity contribution is -0.126. The van der Waals surface area contributed by atoms with Crippen LogP contribution in [-0.4, -0.2) is 28.3 Å². The summed E-state index contributed by atoms with van der Waals surface area (Å²) in [5, 5.41) is 10.1. The van der Waals surface area contributed by atoms with E-state index in [1.54, 1.807) is 0 Å². The van der Waals surface area contributed by atoms with E-state index in [1.165, 1.54) is 5.56 Å². The summed E-state index contributed by atoms with van der Waals surface area (Å²) in [6.45, 7) is 0. The Morgan fingerprint density at radius 3 is 2.60 bits per heavy atom. The number of nitrogens with zero attached hydrogens (tertiary/aromatic N) is 1. The van der Waals surface area contributed by atoms with Crippen molar-refractivity contribution in [2.75, 3.05) is 0 Å². The van der Waals surface area contributed by atoms with Crippen molar-refractivity contribution < 1.29 is 9.53 Å². The van der Waals surface area contributed by atoms with Crippen molar-refractivity contribution in [3.05, 3.63) is 72.6 Å². The Balaban J connectivity index is 1.10. The number of aromatic amines is 1. The zero-order chi connectivity index (χ0) is 20.3. The number of nitrogens with one attached hydrogen (secondary N) is 2. The predicted octanol–water partition coefficient (Wildman–Crippen LogP) is 4.69. The van der Waals surface area contributed by atoms with E-state index in [1.807, 2.05) is 30.6 Å². The summed E-state index contributed by atoms with van der Waals surface area (Å²) >= 11 is 0. The fourth-order valence-corrected chi connectivity index (χ4v) is 4.52. The number of carbonyl (C=O) groups is 1. The average molecular weight is 402 g/mol. The van der Waals surface area contributed by atoms with Crippen molar-refractivity contribution >= 4 is 5.91 Å². The van der Waals surface area contributed by atoms with Crippen molar-refractivity contribution in [3.8, 4) is 16.9 Å². The molecule has 2 saturated carbocycles. The molecule has 0 bridgehead atoms. The van der Waals surface area contributed by atoms with Gasteiger partial charge in [0.25, 0.3) is 0 Å². The van der Waals surface area contributed by atoms with Crippen molar-refractivity contribution in [1.82, 2.24) is 15.5 Å². The van der Waals surface area contributed by atoms with Crippen LogP contribution < -0.4 is 10.1 Å². The van der Waals surface area contributed by atoms with Crippen LogP contribution in [0.1, 0.15) is 43.6 Å². The number of carbonyl (C=O) groups excluding carboxylic acids is 1. The molecule has 2 aromatic carbocycles. The molecule has 3 aromatic rings. The van der Waals surface area contributed by atoms with E-state index in [-0.39, 0.29) is 17.9 Å². The molecule has 2 aliphatic rings. The van der Waals surface area contributed by atoms with Gasteiger partial charge in [0.2, 0.25) is 5.91 Å². The Kier molecular flexibility index (Phi) is 5.26.